The third-order valence-electron chi connectivity index (χ3n) is 1.11. The molecule has 0 amide bonds. The van der Waals surface area contributed by atoms with E-state index in [0.717, 1.165) is 0 Å². The number of carbonyl (C=O) groups is 6. The fourth-order valence-corrected chi connectivity index (χ4v) is 0.428. The summed E-state index contributed by atoms with van der Waals surface area (Å²) in [5.41, 5.74) is 0. The molecule has 0 heterocycles. The molecule has 0 aliphatic carbocycles. The molecule has 0 saturated heterocycles. The number of rotatable bonds is 6. The van der Waals surface area contributed by atoms with E-state index in [0.29, 0.717) is 36.5 Å². The van der Waals surface area contributed by atoms with Gasteiger partial charge in [-0.3, -0.25) is 0 Å². The van der Waals surface area contributed by atoms with Crippen LogP contribution in [0, 0.1) is 80.8 Å². The summed E-state index contributed by atoms with van der Waals surface area (Å²) in [4.78, 5) is 57.3. The van der Waals surface area contributed by atoms with Gasteiger partial charge in [-0.25, -0.2) is 28.8 Å². The third-order valence-corrected chi connectivity index (χ3v) is 1.11. The first-order valence-corrected chi connectivity index (χ1v) is 5.30. The first kappa shape index (κ1) is 35.8. The van der Waals surface area contributed by atoms with Crippen molar-refractivity contribution in [2.75, 3.05) is 0 Å². The van der Waals surface area contributed by atoms with Crippen LogP contribution in [-0.2, 0) is 28.8 Å². The molecule has 0 aromatic heterocycles. The average molecular weight is 649 g/mol. The second-order valence-corrected chi connectivity index (χ2v) is 3.03. The zero-order chi connectivity index (χ0) is 19.7. The smallest absolute Gasteiger partial charge is 0.328 e. The maximum atomic E-state index is 9.55. The summed E-state index contributed by atoms with van der Waals surface area (Å²) in [6, 6.07) is 0. The minimum atomic E-state index is -1.26. The molecular formula is C12H12O12Sm2. The normalized spacial score (nSPS) is 8.77. The maximum Gasteiger partial charge on any atom is 0.328 e. The van der Waals surface area contributed by atoms with Crippen molar-refractivity contribution in [3.05, 3.63) is 36.5 Å². The minimum Gasteiger partial charge on any atom is -0.478 e. The Bertz CT molecular complexity index is 448. The van der Waals surface area contributed by atoms with Gasteiger partial charge in [0, 0.05) is 117 Å². The molecule has 6 N–H and O–H groups in total. The van der Waals surface area contributed by atoms with Gasteiger partial charge in [0.15, 0.2) is 0 Å². The molecule has 0 bridgehead atoms. The molecule has 0 fully saturated rings. The summed E-state index contributed by atoms with van der Waals surface area (Å²) in [6.07, 6.45) is 3.35. The first-order valence-electron chi connectivity index (χ1n) is 5.30. The van der Waals surface area contributed by atoms with E-state index in [2.05, 4.69) is 0 Å². The van der Waals surface area contributed by atoms with Crippen molar-refractivity contribution < 1.29 is 140 Å². The minimum absolute atomic E-state index is 0. The van der Waals surface area contributed by atoms with Crippen LogP contribution in [0.4, 0.5) is 0 Å². The Morgan fingerprint density at radius 1 is 0.346 bits per heavy atom. The topological polar surface area (TPSA) is 224 Å². The van der Waals surface area contributed by atoms with E-state index in [4.69, 9.17) is 30.6 Å². The summed E-state index contributed by atoms with van der Waals surface area (Å²) in [5, 5.41) is 46.9. The average Bonchev–Trinajstić information content (AvgIpc) is 2.42. The van der Waals surface area contributed by atoms with Crippen LogP contribution < -0.4 is 0 Å². The van der Waals surface area contributed by atoms with Crippen molar-refractivity contribution in [1.29, 1.82) is 0 Å². The molecule has 0 radical (unpaired) electrons. The van der Waals surface area contributed by atoms with Crippen molar-refractivity contribution in [2.45, 2.75) is 0 Å². The van der Waals surface area contributed by atoms with E-state index in [1.807, 2.05) is 0 Å². The summed E-state index contributed by atoms with van der Waals surface area (Å²) in [6.45, 7) is 0. The van der Waals surface area contributed by atoms with Gasteiger partial charge in [-0.15, -0.1) is 0 Å². The summed E-state index contributed by atoms with van der Waals surface area (Å²) < 4.78 is 0. The quantitative estimate of drug-likeness (QED) is 0.194. The summed E-state index contributed by atoms with van der Waals surface area (Å²) >= 11 is 0. The fourth-order valence-electron chi connectivity index (χ4n) is 0.428. The molecule has 0 unspecified atom stereocenters. The van der Waals surface area contributed by atoms with Crippen LogP contribution in [-0.4, -0.2) is 66.5 Å². The van der Waals surface area contributed by atoms with Crippen LogP contribution in [0.3, 0.4) is 0 Å². The summed E-state index contributed by atoms with van der Waals surface area (Å²) in [5.74, 6) is -7.54. The second-order valence-electron chi connectivity index (χ2n) is 3.03. The van der Waals surface area contributed by atoms with E-state index in [1.165, 1.54) is 0 Å². The second kappa shape index (κ2) is 23.7. The number of hydrogen-bond donors (Lipinski definition) is 6. The van der Waals surface area contributed by atoms with Crippen molar-refractivity contribution in [3.63, 3.8) is 0 Å². The van der Waals surface area contributed by atoms with E-state index >= 15 is 0 Å². The van der Waals surface area contributed by atoms with Gasteiger partial charge >= 0.3 is 35.8 Å². The molecule has 0 aliphatic heterocycles. The molecule has 0 aromatic carbocycles. The SMILES string of the molecule is O=C(O)/C=C/C(=O)O.O=C(O)/C=C/C(=O)O.O=C(O)/C=C/C(=O)O.[Sm].[Sm]. The summed E-state index contributed by atoms with van der Waals surface area (Å²) in [7, 11) is 0. The van der Waals surface area contributed by atoms with Crippen LogP contribution in [0.1, 0.15) is 0 Å². The Morgan fingerprint density at radius 2 is 0.423 bits per heavy atom. The van der Waals surface area contributed by atoms with Crippen LogP contribution >= 0.6 is 0 Å². The van der Waals surface area contributed by atoms with E-state index < -0.39 is 35.8 Å². The Kier molecular flexibility index (Phi) is 32.6. The van der Waals surface area contributed by atoms with Gasteiger partial charge < -0.3 is 30.6 Å². The van der Waals surface area contributed by atoms with Gasteiger partial charge in [0.05, 0.1) is 0 Å². The standard InChI is InChI=1S/3C4H4O4.2Sm/c3*5-3(6)1-2-4(7)8;;/h3*1-2H,(H,5,6)(H,7,8);;/b3*2-1+;;. The fraction of sp³-hybridized carbons (Fsp3) is 0. The van der Waals surface area contributed by atoms with Crippen molar-refractivity contribution in [1.82, 2.24) is 0 Å². The monoisotopic (exact) mass is 652 g/mol. The van der Waals surface area contributed by atoms with Crippen molar-refractivity contribution in [2.24, 2.45) is 0 Å². The Hall–Kier alpha value is -1.28. The molecule has 0 spiro atoms. The molecule has 0 saturated carbocycles. The van der Waals surface area contributed by atoms with Crippen LogP contribution in [0.2, 0.25) is 0 Å². The van der Waals surface area contributed by atoms with Gasteiger partial charge in [0.25, 0.3) is 0 Å². The number of aliphatic carboxylic acids is 6. The van der Waals surface area contributed by atoms with Crippen molar-refractivity contribution in [3.8, 4) is 0 Å². The molecule has 26 heavy (non-hydrogen) atoms. The van der Waals surface area contributed by atoms with Gasteiger partial charge in [0.2, 0.25) is 0 Å². The largest absolute Gasteiger partial charge is 0.478 e. The zero-order valence-electron chi connectivity index (χ0n) is 12.4. The predicted molar refractivity (Wildman–Crippen MR) is 73.2 cm³/mol. The molecule has 0 aromatic rings. The third kappa shape index (κ3) is 56.9. The number of carboxylic acid groups (broad SMARTS) is 6. The van der Waals surface area contributed by atoms with E-state index in [9.17, 15) is 28.8 Å². The van der Waals surface area contributed by atoms with Gasteiger partial charge in [-0.1, -0.05) is 0 Å². The Labute approximate surface area is 210 Å². The maximum absolute atomic E-state index is 9.55. The molecule has 0 atom stereocenters. The van der Waals surface area contributed by atoms with Gasteiger partial charge in [-0.2, -0.15) is 0 Å². The predicted octanol–water partition coefficient (Wildman–Crippen LogP) is -0.865. The zero-order valence-corrected chi connectivity index (χ0v) is 17.7. The number of hydrogen-bond acceptors (Lipinski definition) is 6. The Morgan fingerprint density at radius 3 is 0.462 bits per heavy atom. The van der Waals surface area contributed by atoms with Gasteiger partial charge in [0.1, 0.15) is 0 Å². The molecule has 14 heteroatoms. The van der Waals surface area contributed by atoms with E-state index in [1.54, 1.807) is 0 Å². The van der Waals surface area contributed by atoms with Crippen LogP contribution in [0.15, 0.2) is 36.5 Å². The first-order chi connectivity index (χ1) is 10.9. The van der Waals surface area contributed by atoms with Gasteiger partial charge in [-0.05, 0) is 0 Å². The molecule has 0 rings (SSSR count). The van der Waals surface area contributed by atoms with Crippen molar-refractivity contribution >= 4 is 35.8 Å². The number of carboxylic acids is 6. The molecule has 0 aliphatic rings. The van der Waals surface area contributed by atoms with E-state index in [-0.39, 0.29) is 80.8 Å². The van der Waals surface area contributed by atoms with Crippen LogP contribution in [0.5, 0.6) is 0 Å². The molecule has 144 valence electrons. The Balaban J connectivity index is -0.0000000817. The van der Waals surface area contributed by atoms with Crippen LogP contribution in [0.25, 0.3) is 0 Å². The molecule has 12 nitrogen and oxygen atoms in total. The molecular weight excluding hydrogens is 637 g/mol.